The SMILES string of the molecule is CN1Cc2c(S(=O)(=O)C(F)(F)F)nn(S(=O)(=O)C(F)(F)F)c2C1. The fourth-order valence-corrected chi connectivity index (χ4v) is 3.77. The molecular weight excluding hydrogens is 380 g/mol. The molecule has 1 aromatic rings. The van der Waals surface area contributed by atoms with Crippen LogP contribution in [-0.4, -0.2) is 49.0 Å². The molecule has 0 saturated carbocycles. The second-order valence-electron chi connectivity index (χ2n) is 4.65. The van der Waals surface area contributed by atoms with Crippen LogP contribution in [0.1, 0.15) is 11.3 Å². The highest BCUT2D eigenvalue weighted by Crippen LogP contribution is 2.37. The maximum absolute atomic E-state index is 12.6. The topological polar surface area (TPSA) is 89.3 Å². The Morgan fingerprint density at radius 2 is 1.48 bits per heavy atom. The van der Waals surface area contributed by atoms with Crippen LogP contribution in [0.15, 0.2) is 5.03 Å². The van der Waals surface area contributed by atoms with Crippen molar-refractivity contribution in [1.82, 2.24) is 14.1 Å². The zero-order valence-corrected chi connectivity index (χ0v) is 12.6. The largest absolute Gasteiger partial charge is 0.518 e. The molecule has 1 aliphatic heterocycles. The normalized spacial score (nSPS) is 17.5. The molecule has 0 saturated heterocycles. The summed E-state index contributed by atoms with van der Waals surface area (Å²) in [5.41, 5.74) is -13.2. The summed E-state index contributed by atoms with van der Waals surface area (Å²) in [5, 5.41) is 0.878. The Hall–Kier alpha value is -1.35. The Balaban J connectivity index is 2.80. The molecule has 15 heteroatoms. The standard InChI is InChI=1S/C8H7F6N3O4S2/c1-16-2-4-5(3-16)17(23(20,21)8(12,13)14)15-6(4)22(18,19)7(9,10)11/h2-3H2,1H3. The third-order valence-electron chi connectivity index (χ3n) is 2.95. The van der Waals surface area contributed by atoms with Gasteiger partial charge in [-0.1, -0.05) is 0 Å². The van der Waals surface area contributed by atoms with Crippen LogP contribution in [0, 0.1) is 0 Å². The molecule has 0 aliphatic carbocycles. The lowest BCUT2D eigenvalue weighted by molar-refractivity contribution is -0.0450. The van der Waals surface area contributed by atoms with Crippen LogP contribution in [0.2, 0.25) is 0 Å². The van der Waals surface area contributed by atoms with Crippen LogP contribution >= 0.6 is 0 Å². The molecule has 0 aromatic carbocycles. The van der Waals surface area contributed by atoms with Crippen molar-refractivity contribution in [3.05, 3.63) is 11.3 Å². The minimum atomic E-state index is -6.16. The zero-order valence-electron chi connectivity index (χ0n) is 11.0. The monoisotopic (exact) mass is 387 g/mol. The van der Waals surface area contributed by atoms with Gasteiger partial charge in [0, 0.05) is 18.7 Å². The Bertz CT molecular complexity index is 783. The molecule has 1 aromatic heterocycles. The van der Waals surface area contributed by atoms with Gasteiger partial charge in [-0.2, -0.15) is 38.8 Å². The van der Waals surface area contributed by atoms with E-state index >= 15 is 0 Å². The molecule has 0 radical (unpaired) electrons. The molecule has 0 atom stereocenters. The van der Waals surface area contributed by atoms with Gasteiger partial charge < -0.3 is 0 Å². The summed E-state index contributed by atoms with van der Waals surface area (Å²) < 4.78 is 120. The molecule has 0 bridgehead atoms. The fourth-order valence-electron chi connectivity index (χ4n) is 1.96. The highest BCUT2D eigenvalue weighted by atomic mass is 32.2. The number of hydrogen-bond donors (Lipinski definition) is 0. The number of sulfone groups is 1. The summed E-state index contributed by atoms with van der Waals surface area (Å²) in [7, 11) is -11.0. The van der Waals surface area contributed by atoms with Crippen LogP contribution in [0.5, 0.6) is 0 Å². The van der Waals surface area contributed by atoms with Crippen molar-refractivity contribution >= 4 is 19.9 Å². The average Bonchev–Trinajstić information content (AvgIpc) is 2.82. The van der Waals surface area contributed by atoms with Gasteiger partial charge in [0.25, 0.3) is 9.84 Å². The lowest BCUT2D eigenvalue weighted by Crippen LogP contribution is -2.33. The summed E-state index contributed by atoms with van der Waals surface area (Å²) in [6.07, 6.45) is 0. The summed E-state index contributed by atoms with van der Waals surface area (Å²) in [6.45, 7) is -1.00. The van der Waals surface area contributed by atoms with Crippen molar-refractivity contribution < 1.29 is 43.2 Å². The maximum atomic E-state index is 12.6. The molecule has 2 heterocycles. The maximum Gasteiger partial charge on any atom is 0.518 e. The second kappa shape index (κ2) is 4.83. The van der Waals surface area contributed by atoms with Gasteiger partial charge in [-0.3, -0.25) is 4.90 Å². The molecule has 0 spiro atoms. The number of hydrogen-bond acceptors (Lipinski definition) is 6. The minimum Gasteiger partial charge on any atom is -0.296 e. The predicted octanol–water partition coefficient (Wildman–Crippen LogP) is 0.820. The van der Waals surface area contributed by atoms with E-state index < -0.39 is 64.3 Å². The molecule has 7 nitrogen and oxygen atoms in total. The van der Waals surface area contributed by atoms with Crippen molar-refractivity contribution in [2.45, 2.75) is 29.1 Å². The number of halogens is 6. The van der Waals surface area contributed by atoms with E-state index in [1.165, 1.54) is 7.05 Å². The fraction of sp³-hybridized carbons (Fsp3) is 0.625. The van der Waals surface area contributed by atoms with E-state index in [1.54, 1.807) is 0 Å². The van der Waals surface area contributed by atoms with E-state index in [4.69, 9.17) is 0 Å². The molecule has 23 heavy (non-hydrogen) atoms. The summed E-state index contributed by atoms with van der Waals surface area (Å²) in [6, 6.07) is 0. The van der Waals surface area contributed by atoms with Gasteiger partial charge in [-0.25, -0.2) is 8.42 Å². The van der Waals surface area contributed by atoms with Crippen molar-refractivity contribution in [2.75, 3.05) is 7.05 Å². The molecule has 0 amide bonds. The first-order chi connectivity index (χ1) is 10.1. The number of rotatable bonds is 2. The highest BCUT2D eigenvalue weighted by molar-refractivity contribution is 7.92. The van der Waals surface area contributed by atoms with Gasteiger partial charge in [0.2, 0.25) is 0 Å². The Kier molecular flexibility index (Phi) is 3.78. The van der Waals surface area contributed by atoms with E-state index in [9.17, 15) is 43.2 Å². The van der Waals surface area contributed by atoms with Crippen LogP contribution in [-0.2, 0) is 33.0 Å². The van der Waals surface area contributed by atoms with E-state index in [2.05, 4.69) is 5.10 Å². The Morgan fingerprint density at radius 3 is 1.91 bits per heavy atom. The first kappa shape index (κ1) is 18.0. The van der Waals surface area contributed by atoms with E-state index in [0.29, 0.717) is 0 Å². The van der Waals surface area contributed by atoms with Gasteiger partial charge >= 0.3 is 21.0 Å². The molecule has 1 aliphatic rings. The minimum absolute atomic E-state index is 0.493. The number of nitrogens with zero attached hydrogens (tertiary/aromatic N) is 3. The van der Waals surface area contributed by atoms with E-state index in [0.717, 1.165) is 4.90 Å². The molecule has 2 rings (SSSR count). The van der Waals surface area contributed by atoms with Crippen LogP contribution < -0.4 is 0 Å². The smallest absolute Gasteiger partial charge is 0.296 e. The zero-order chi connectivity index (χ0) is 18.0. The summed E-state index contributed by atoms with van der Waals surface area (Å²) in [5.74, 6) is 0. The number of fused-ring (bicyclic) bond motifs is 1. The van der Waals surface area contributed by atoms with Gasteiger partial charge in [0.15, 0.2) is 5.03 Å². The third kappa shape index (κ3) is 2.59. The van der Waals surface area contributed by atoms with E-state index in [1.807, 2.05) is 0 Å². The summed E-state index contributed by atoms with van der Waals surface area (Å²) >= 11 is 0. The highest BCUT2D eigenvalue weighted by Gasteiger charge is 2.54. The van der Waals surface area contributed by atoms with Crippen molar-refractivity contribution in [2.24, 2.45) is 0 Å². The number of alkyl halides is 6. The van der Waals surface area contributed by atoms with Gasteiger partial charge in [-0.15, -0.1) is 5.10 Å². The molecule has 0 N–H and O–H groups in total. The molecule has 132 valence electrons. The van der Waals surface area contributed by atoms with Crippen LogP contribution in [0.25, 0.3) is 0 Å². The van der Waals surface area contributed by atoms with Crippen LogP contribution in [0.4, 0.5) is 26.3 Å². The van der Waals surface area contributed by atoms with Crippen molar-refractivity contribution in [3.8, 4) is 0 Å². The lowest BCUT2D eigenvalue weighted by Gasteiger charge is -2.12. The Morgan fingerprint density at radius 1 is 0.957 bits per heavy atom. The number of aromatic nitrogens is 2. The molecule has 0 fully saturated rings. The second-order valence-corrected chi connectivity index (χ2v) is 8.26. The van der Waals surface area contributed by atoms with Gasteiger partial charge in [-0.05, 0) is 7.05 Å². The first-order valence-corrected chi connectivity index (χ1v) is 8.45. The van der Waals surface area contributed by atoms with Crippen molar-refractivity contribution in [3.63, 3.8) is 0 Å². The van der Waals surface area contributed by atoms with Crippen molar-refractivity contribution in [1.29, 1.82) is 0 Å². The predicted molar refractivity (Wildman–Crippen MR) is 61.0 cm³/mol. The first-order valence-electron chi connectivity index (χ1n) is 5.53. The van der Waals surface area contributed by atoms with Gasteiger partial charge in [0.05, 0.1) is 5.69 Å². The van der Waals surface area contributed by atoms with Crippen LogP contribution in [0.3, 0.4) is 0 Å². The average molecular weight is 387 g/mol. The third-order valence-corrected chi connectivity index (χ3v) is 5.74. The molecule has 0 unspecified atom stereocenters. The molecular formula is C8H7F6N3O4S2. The van der Waals surface area contributed by atoms with Gasteiger partial charge in [0.1, 0.15) is 0 Å². The van der Waals surface area contributed by atoms with E-state index in [-0.39, 0.29) is 0 Å². The Labute approximate surface area is 125 Å². The summed E-state index contributed by atoms with van der Waals surface area (Å²) in [4.78, 5) is 1.14. The quantitative estimate of drug-likeness (QED) is 0.698. The lowest BCUT2D eigenvalue weighted by atomic mass is 10.3.